The van der Waals surface area contributed by atoms with Gasteiger partial charge >= 0.3 is 0 Å². The fourth-order valence-corrected chi connectivity index (χ4v) is 1.92. The maximum Gasteiger partial charge on any atom is 0.231 e. The number of nitrogens with zero attached hydrogens (tertiary/aromatic N) is 1. The zero-order valence-corrected chi connectivity index (χ0v) is 9.23. The van der Waals surface area contributed by atoms with Gasteiger partial charge in [0.05, 0.1) is 5.92 Å². The van der Waals surface area contributed by atoms with Gasteiger partial charge in [-0.15, -0.1) is 0 Å². The summed E-state index contributed by atoms with van der Waals surface area (Å²) in [5.74, 6) is 0.0391. The van der Waals surface area contributed by atoms with E-state index < -0.39 is 5.92 Å². The summed E-state index contributed by atoms with van der Waals surface area (Å²) in [6.07, 6.45) is 2.60. The van der Waals surface area contributed by atoms with Gasteiger partial charge in [0.1, 0.15) is 0 Å². The van der Waals surface area contributed by atoms with Crippen LogP contribution >= 0.6 is 0 Å². The zero-order chi connectivity index (χ0) is 11.4. The lowest BCUT2D eigenvalue weighted by Gasteiger charge is -2.34. The number of nitrogens with two attached hydrogens (primary N) is 1. The van der Waals surface area contributed by atoms with Crippen LogP contribution in [0.25, 0.3) is 0 Å². The molecular formula is C10H19N3O2. The second kappa shape index (κ2) is 5.00. The predicted octanol–water partition coefficient (Wildman–Crippen LogP) is 0.674. The van der Waals surface area contributed by atoms with Crippen LogP contribution in [-0.4, -0.2) is 23.0 Å². The lowest BCUT2D eigenvalue weighted by Crippen LogP contribution is -2.48. The van der Waals surface area contributed by atoms with Gasteiger partial charge in [0, 0.05) is 6.04 Å². The number of rotatable bonds is 4. The molecule has 5 heteroatoms. The third-order valence-electron chi connectivity index (χ3n) is 2.92. The van der Waals surface area contributed by atoms with E-state index in [1.165, 1.54) is 0 Å². The third-order valence-corrected chi connectivity index (χ3v) is 2.92. The van der Waals surface area contributed by atoms with Crippen LogP contribution in [0.4, 0.5) is 0 Å². The summed E-state index contributed by atoms with van der Waals surface area (Å²) in [7, 11) is 0. The molecule has 0 saturated heterocycles. The second-order valence-electron chi connectivity index (χ2n) is 4.27. The molecule has 5 nitrogen and oxygen atoms in total. The Kier molecular flexibility index (Phi) is 3.94. The Morgan fingerprint density at radius 1 is 1.67 bits per heavy atom. The van der Waals surface area contributed by atoms with Crippen molar-refractivity contribution in [2.75, 3.05) is 0 Å². The van der Waals surface area contributed by atoms with E-state index in [2.05, 4.69) is 17.4 Å². The largest absolute Gasteiger partial charge is 0.409 e. The van der Waals surface area contributed by atoms with Gasteiger partial charge < -0.3 is 16.3 Å². The lowest BCUT2D eigenvalue weighted by atomic mass is 9.81. The number of amides is 1. The van der Waals surface area contributed by atoms with Crippen LogP contribution in [0.5, 0.6) is 0 Å². The number of amidine groups is 1. The molecule has 1 fully saturated rings. The molecule has 0 spiro atoms. The van der Waals surface area contributed by atoms with Crippen molar-refractivity contribution in [3.8, 4) is 0 Å². The number of hydrogen-bond acceptors (Lipinski definition) is 3. The Morgan fingerprint density at radius 3 is 2.67 bits per heavy atom. The normalized spacial score (nSPS) is 28.0. The average molecular weight is 213 g/mol. The van der Waals surface area contributed by atoms with Crippen LogP contribution in [0.15, 0.2) is 5.16 Å². The van der Waals surface area contributed by atoms with Gasteiger partial charge in [0.2, 0.25) is 5.91 Å². The van der Waals surface area contributed by atoms with Crippen LogP contribution < -0.4 is 11.1 Å². The van der Waals surface area contributed by atoms with E-state index in [1.807, 2.05) is 6.92 Å². The van der Waals surface area contributed by atoms with E-state index in [-0.39, 0.29) is 17.8 Å². The number of oxime groups is 1. The van der Waals surface area contributed by atoms with Gasteiger partial charge in [0.25, 0.3) is 0 Å². The van der Waals surface area contributed by atoms with Gasteiger partial charge in [-0.3, -0.25) is 4.79 Å². The molecule has 0 heterocycles. The first-order valence-electron chi connectivity index (χ1n) is 5.36. The summed E-state index contributed by atoms with van der Waals surface area (Å²) in [5, 5.41) is 14.3. The zero-order valence-electron chi connectivity index (χ0n) is 9.23. The van der Waals surface area contributed by atoms with Crippen molar-refractivity contribution in [3.63, 3.8) is 0 Å². The van der Waals surface area contributed by atoms with Gasteiger partial charge in [-0.1, -0.05) is 19.0 Å². The first-order valence-corrected chi connectivity index (χ1v) is 5.36. The van der Waals surface area contributed by atoms with Crippen molar-refractivity contribution in [2.24, 2.45) is 22.7 Å². The third kappa shape index (κ3) is 2.84. The molecule has 0 aliphatic heterocycles. The van der Waals surface area contributed by atoms with Crippen molar-refractivity contribution in [1.29, 1.82) is 0 Å². The molecule has 0 bridgehead atoms. The van der Waals surface area contributed by atoms with E-state index >= 15 is 0 Å². The molecule has 0 radical (unpaired) electrons. The SMILES string of the molecule is CCC(C(=O)NC1CC(C)C1)C(N)=NO. The smallest absolute Gasteiger partial charge is 0.231 e. The van der Waals surface area contributed by atoms with Crippen molar-refractivity contribution in [3.05, 3.63) is 0 Å². The summed E-state index contributed by atoms with van der Waals surface area (Å²) < 4.78 is 0. The topological polar surface area (TPSA) is 87.7 Å². The van der Waals surface area contributed by atoms with Crippen molar-refractivity contribution < 1.29 is 10.0 Å². The van der Waals surface area contributed by atoms with E-state index in [4.69, 9.17) is 10.9 Å². The standard InChI is InChI=1S/C10H19N3O2/c1-3-8(9(11)13-15)10(14)12-7-4-6(2)5-7/h6-8,15H,3-5H2,1-2H3,(H2,11,13)(H,12,14). The first-order chi connectivity index (χ1) is 7.08. The fraction of sp³-hybridized carbons (Fsp3) is 0.800. The Bertz CT molecular complexity index is 259. The monoisotopic (exact) mass is 213 g/mol. The van der Waals surface area contributed by atoms with E-state index in [9.17, 15) is 4.79 Å². The van der Waals surface area contributed by atoms with Crippen LogP contribution in [0, 0.1) is 11.8 Å². The molecule has 0 aromatic rings. The molecule has 15 heavy (non-hydrogen) atoms. The highest BCUT2D eigenvalue weighted by Gasteiger charge is 2.29. The molecule has 1 amide bonds. The quantitative estimate of drug-likeness (QED) is 0.277. The Labute approximate surface area is 89.7 Å². The molecule has 1 unspecified atom stereocenters. The molecule has 86 valence electrons. The van der Waals surface area contributed by atoms with Crippen LogP contribution in [0.1, 0.15) is 33.1 Å². The minimum Gasteiger partial charge on any atom is -0.409 e. The predicted molar refractivity (Wildman–Crippen MR) is 57.5 cm³/mol. The van der Waals surface area contributed by atoms with Gasteiger partial charge in [0.15, 0.2) is 5.84 Å². The highest BCUT2D eigenvalue weighted by Crippen LogP contribution is 2.26. The van der Waals surface area contributed by atoms with Gasteiger partial charge in [-0.05, 0) is 25.2 Å². The minimum atomic E-state index is -0.508. The summed E-state index contributed by atoms with van der Waals surface area (Å²) in [5.41, 5.74) is 5.43. The summed E-state index contributed by atoms with van der Waals surface area (Å²) in [6.45, 7) is 4.00. The van der Waals surface area contributed by atoms with E-state index in [0.717, 1.165) is 12.8 Å². The van der Waals surface area contributed by atoms with Gasteiger partial charge in [-0.25, -0.2) is 0 Å². The van der Waals surface area contributed by atoms with Crippen LogP contribution in [-0.2, 0) is 4.79 Å². The molecular weight excluding hydrogens is 194 g/mol. The molecule has 0 aromatic carbocycles. The Balaban J connectivity index is 2.44. The minimum absolute atomic E-state index is 0.0117. The van der Waals surface area contributed by atoms with Gasteiger partial charge in [-0.2, -0.15) is 0 Å². The molecule has 1 aliphatic rings. The number of carbonyl (C=O) groups excluding carboxylic acids is 1. The maximum atomic E-state index is 11.7. The average Bonchev–Trinajstić information content (AvgIpc) is 2.16. The number of carbonyl (C=O) groups is 1. The second-order valence-corrected chi connectivity index (χ2v) is 4.27. The Morgan fingerprint density at radius 2 is 2.27 bits per heavy atom. The maximum absolute atomic E-state index is 11.7. The number of nitrogens with one attached hydrogen (secondary N) is 1. The summed E-state index contributed by atoms with van der Waals surface area (Å²) >= 11 is 0. The van der Waals surface area contributed by atoms with E-state index in [0.29, 0.717) is 12.3 Å². The number of hydrogen-bond donors (Lipinski definition) is 3. The molecule has 4 N–H and O–H groups in total. The molecule has 1 aliphatic carbocycles. The van der Waals surface area contributed by atoms with Crippen molar-refractivity contribution in [2.45, 2.75) is 39.2 Å². The summed E-state index contributed by atoms with van der Waals surface area (Å²) in [4.78, 5) is 11.7. The molecule has 1 rings (SSSR count). The van der Waals surface area contributed by atoms with Crippen LogP contribution in [0.3, 0.4) is 0 Å². The highest BCUT2D eigenvalue weighted by atomic mass is 16.4. The molecule has 0 aromatic heterocycles. The van der Waals surface area contributed by atoms with Crippen molar-refractivity contribution in [1.82, 2.24) is 5.32 Å². The highest BCUT2D eigenvalue weighted by molar-refractivity contribution is 6.02. The summed E-state index contributed by atoms with van der Waals surface area (Å²) in [6, 6.07) is 0.271. The lowest BCUT2D eigenvalue weighted by molar-refractivity contribution is -0.124. The fourth-order valence-electron chi connectivity index (χ4n) is 1.92. The molecule has 1 saturated carbocycles. The van der Waals surface area contributed by atoms with Crippen LogP contribution in [0.2, 0.25) is 0 Å². The molecule has 1 atom stereocenters. The Hall–Kier alpha value is -1.26. The van der Waals surface area contributed by atoms with Crippen molar-refractivity contribution >= 4 is 11.7 Å². The van der Waals surface area contributed by atoms with E-state index in [1.54, 1.807) is 0 Å². The first kappa shape index (κ1) is 11.8.